The predicted molar refractivity (Wildman–Crippen MR) is 138 cm³/mol. The zero-order valence-electron chi connectivity index (χ0n) is 17.3. The summed E-state index contributed by atoms with van der Waals surface area (Å²) in [7, 11) is 0. The number of piperazine rings is 1. The lowest BCUT2D eigenvalue weighted by atomic mass is 9.87. The first-order valence-electron chi connectivity index (χ1n) is 10.2. The molecule has 2 heterocycles. The number of thiazole rings is 1. The minimum atomic E-state index is -1.12. The molecule has 0 saturated carbocycles. The van der Waals surface area contributed by atoms with E-state index in [2.05, 4.69) is 19.8 Å². The van der Waals surface area contributed by atoms with Crippen molar-refractivity contribution in [2.24, 2.45) is 10.7 Å². The summed E-state index contributed by atoms with van der Waals surface area (Å²) >= 11 is 1.65. The smallest absolute Gasteiger partial charge is 0.191 e. The Labute approximate surface area is 204 Å². The van der Waals surface area contributed by atoms with Gasteiger partial charge in [-0.15, -0.1) is 35.3 Å². The number of rotatable bonds is 6. The summed E-state index contributed by atoms with van der Waals surface area (Å²) in [5.74, 6) is 0.483. The van der Waals surface area contributed by atoms with Crippen molar-refractivity contribution in [3.63, 3.8) is 0 Å². The van der Waals surface area contributed by atoms with Crippen LogP contribution in [-0.2, 0) is 12.0 Å². The number of anilines is 1. The number of aliphatic imine (C=N–C) groups is 1. The van der Waals surface area contributed by atoms with E-state index in [0.717, 1.165) is 42.4 Å². The van der Waals surface area contributed by atoms with Gasteiger partial charge in [0, 0.05) is 44.2 Å². The van der Waals surface area contributed by atoms with Gasteiger partial charge < -0.3 is 20.6 Å². The molecule has 1 aliphatic rings. The van der Waals surface area contributed by atoms with Crippen LogP contribution >= 0.6 is 35.3 Å². The van der Waals surface area contributed by atoms with Crippen LogP contribution in [-0.4, -0.2) is 53.7 Å². The molecule has 1 fully saturated rings. The summed E-state index contributed by atoms with van der Waals surface area (Å²) in [6, 6.07) is 19.7. The van der Waals surface area contributed by atoms with Crippen LogP contribution in [0.25, 0.3) is 0 Å². The predicted octanol–water partition coefficient (Wildman–Crippen LogP) is 3.33. The molecule has 0 spiro atoms. The molecule has 2 aromatic carbocycles. The number of hydrogen-bond donors (Lipinski definition) is 2. The monoisotopic (exact) mass is 549 g/mol. The fourth-order valence-corrected chi connectivity index (χ4v) is 4.44. The van der Waals surface area contributed by atoms with Crippen LogP contribution in [0.3, 0.4) is 0 Å². The molecule has 1 unspecified atom stereocenters. The van der Waals surface area contributed by atoms with Crippen molar-refractivity contribution in [1.82, 2.24) is 9.88 Å². The van der Waals surface area contributed by atoms with Crippen LogP contribution in [0.5, 0.6) is 0 Å². The third-order valence-electron chi connectivity index (χ3n) is 5.45. The molecule has 3 N–H and O–H groups in total. The Balaban J connectivity index is 0.00000272. The van der Waals surface area contributed by atoms with Gasteiger partial charge in [0.1, 0.15) is 5.60 Å². The van der Waals surface area contributed by atoms with Gasteiger partial charge in [-0.05, 0) is 11.1 Å². The summed E-state index contributed by atoms with van der Waals surface area (Å²) in [5, 5.41) is 14.6. The Morgan fingerprint density at radius 2 is 1.68 bits per heavy atom. The average molecular weight is 549 g/mol. The zero-order chi connectivity index (χ0) is 20.8. The Hall–Kier alpha value is -2.17. The van der Waals surface area contributed by atoms with E-state index in [1.165, 1.54) is 0 Å². The van der Waals surface area contributed by atoms with E-state index >= 15 is 0 Å². The van der Waals surface area contributed by atoms with E-state index in [1.54, 1.807) is 11.3 Å². The van der Waals surface area contributed by atoms with Gasteiger partial charge in [0.05, 0.1) is 6.54 Å². The number of halogens is 1. The number of benzene rings is 2. The lowest BCUT2D eigenvalue weighted by Crippen LogP contribution is -2.51. The molecular formula is C23H28IN5OS. The Morgan fingerprint density at radius 3 is 2.29 bits per heavy atom. The number of hydrogen-bond acceptors (Lipinski definition) is 5. The molecule has 31 heavy (non-hydrogen) atoms. The average Bonchev–Trinajstić information content (AvgIpc) is 3.34. The van der Waals surface area contributed by atoms with E-state index in [9.17, 15) is 5.11 Å². The van der Waals surface area contributed by atoms with E-state index in [4.69, 9.17) is 5.73 Å². The maximum Gasteiger partial charge on any atom is 0.191 e. The molecule has 164 valence electrons. The molecule has 8 heteroatoms. The number of aromatic nitrogens is 1. The third-order valence-corrected chi connectivity index (χ3v) is 6.28. The highest BCUT2D eigenvalue weighted by molar-refractivity contribution is 14.0. The summed E-state index contributed by atoms with van der Waals surface area (Å²) < 4.78 is 0. The largest absolute Gasteiger partial charge is 0.383 e. The van der Waals surface area contributed by atoms with E-state index < -0.39 is 5.60 Å². The van der Waals surface area contributed by atoms with Gasteiger partial charge in [0.25, 0.3) is 0 Å². The quantitative estimate of drug-likeness (QED) is 0.280. The Bertz CT molecular complexity index is 947. The zero-order valence-corrected chi connectivity index (χ0v) is 20.4. The third kappa shape index (κ3) is 5.96. The van der Waals surface area contributed by atoms with Crippen LogP contribution in [0.15, 0.2) is 77.2 Å². The van der Waals surface area contributed by atoms with Crippen molar-refractivity contribution < 1.29 is 5.11 Å². The lowest BCUT2D eigenvalue weighted by Gasteiger charge is -2.35. The molecule has 0 radical (unpaired) electrons. The second-order valence-electron chi connectivity index (χ2n) is 7.52. The van der Waals surface area contributed by atoms with Crippen molar-refractivity contribution in [3.8, 4) is 0 Å². The van der Waals surface area contributed by atoms with Gasteiger partial charge in [-0.25, -0.2) is 9.98 Å². The van der Waals surface area contributed by atoms with Crippen LogP contribution in [0.4, 0.5) is 5.13 Å². The minimum Gasteiger partial charge on any atom is -0.383 e. The maximum absolute atomic E-state index is 11.6. The molecule has 3 aromatic rings. The highest BCUT2D eigenvalue weighted by Crippen LogP contribution is 2.26. The molecule has 1 aromatic heterocycles. The molecule has 0 aliphatic carbocycles. The molecule has 1 atom stereocenters. The highest BCUT2D eigenvalue weighted by Gasteiger charge is 2.30. The molecule has 1 saturated heterocycles. The van der Waals surface area contributed by atoms with E-state index in [0.29, 0.717) is 12.4 Å². The summed E-state index contributed by atoms with van der Waals surface area (Å²) in [6.45, 7) is 3.51. The van der Waals surface area contributed by atoms with Gasteiger partial charge >= 0.3 is 0 Å². The van der Waals surface area contributed by atoms with E-state index in [1.807, 2.05) is 72.2 Å². The Kier molecular flexibility index (Phi) is 8.28. The number of nitrogens with zero attached hydrogens (tertiary/aromatic N) is 4. The molecule has 4 rings (SSSR count). The minimum absolute atomic E-state index is 0. The van der Waals surface area contributed by atoms with Crippen molar-refractivity contribution in [3.05, 3.63) is 83.4 Å². The van der Waals surface area contributed by atoms with Gasteiger partial charge in [0.2, 0.25) is 0 Å². The van der Waals surface area contributed by atoms with Crippen LogP contribution in [0.2, 0.25) is 0 Å². The normalized spacial score (nSPS) is 16.5. The van der Waals surface area contributed by atoms with Gasteiger partial charge in [-0.2, -0.15) is 0 Å². The van der Waals surface area contributed by atoms with Crippen molar-refractivity contribution >= 4 is 46.4 Å². The standard InChI is InChI=1S/C23H27N5OS.HI/c24-21(27-12-14-28(15-13-27)22-25-11-16-30-22)26-18-23(29,20-9-5-2-6-10-20)17-19-7-3-1-4-8-19;/h1-11,16,29H,12-15,17-18H2,(H2,24,26);1H. The Morgan fingerprint density at radius 1 is 1.03 bits per heavy atom. The highest BCUT2D eigenvalue weighted by atomic mass is 127. The number of aliphatic hydroxyl groups is 1. The first-order valence-corrected chi connectivity index (χ1v) is 11.0. The van der Waals surface area contributed by atoms with Crippen molar-refractivity contribution in [2.75, 3.05) is 37.6 Å². The van der Waals surface area contributed by atoms with Crippen LogP contribution in [0.1, 0.15) is 11.1 Å². The summed E-state index contributed by atoms with van der Waals surface area (Å²) in [5.41, 5.74) is 7.12. The SMILES string of the molecule is I.NC(=NCC(O)(Cc1ccccc1)c1ccccc1)N1CCN(c2nccs2)CC1. The maximum atomic E-state index is 11.6. The fraction of sp³-hybridized carbons (Fsp3) is 0.304. The molecule has 0 bridgehead atoms. The molecule has 1 aliphatic heterocycles. The van der Waals surface area contributed by atoms with Crippen molar-refractivity contribution in [1.29, 1.82) is 0 Å². The first kappa shape index (κ1) is 23.5. The van der Waals surface area contributed by atoms with Gasteiger partial charge in [0.15, 0.2) is 11.1 Å². The van der Waals surface area contributed by atoms with Crippen LogP contribution in [0, 0.1) is 0 Å². The lowest BCUT2D eigenvalue weighted by molar-refractivity contribution is 0.0465. The molecule has 6 nitrogen and oxygen atoms in total. The number of nitrogens with two attached hydrogens (primary N) is 1. The van der Waals surface area contributed by atoms with Crippen LogP contribution < -0.4 is 10.6 Å². The fourth-order valence-electron chi connectivity index (χ4n) is 3.74. The summed E-state index contributed by atoms with van der Waals surface area (Å²) in [6.07, 6.45) is 2.31. The van der Waals surface area contributed by atoms with E-state index in [-0.39, 0.29) is 30.5 Å². The number of guanidine groups is 1. The topological polar surface area (TPSA) is 78.0 Å². The second-order valence-corrected chi connectivity index (χ2v) is 8.40. The molecule has 0 amide bonds. The summed E-state index contributed by atoms with van der Waals surface area (Å²) in [4.78, 5) is 13.4. The second kappa shape index (κ2) is 10.9. The van der Waals surface area contributed by atoms with Gasteiger partial charge in [-0.1, -0.05) is 60.7 Å². The first-order chi connectivity index (χ1) is 14.6. The molecular weight excluding hydrogens is 521 g/mol. The van der Waals surface area contributed by atoms with Gasteiger partial charge in [-0.3, -0.25) is 0 Å². The van der Waals surface area contributed by atoms with Crippen molar-refractivity contribution in [2.45, 2.75) is 12.0 Å².